The van der Waals surface area contributed by atoms with Crippen LogP contribution in [0.2, 0.25) is 0 Å². The van der Waals surface area contributed by atoms with Crippen LogP contribution in [0.1, 0.15) is 20.3 Å². The summed E-state index contributed by atoms with van der Waals surface area (Å²) in [6, 6.07) is 0. The van der Waals surface area contributed by atoms with Crippen LogP contribution in [0.15, 0.2) is 12.2 Å². The van der Waals surface area contributed by atoms with Crippen LogP contribution in [0.4, 0.5) is 0 Å². The van der Waals surface area contributed by atoms with Crippen LogP contribution in [0.5, 0.6) is 0 Å². The van der Waals surface area contributed by atoms with E-state index in [-0.39, 0.29) is 0 Å². The maximum Gasteiger partial charge on any atom is 0.0830 e. The molecule has 0 aromatic carbocycles. The van der Waals surface area contributed by atoms with Crippen molar-refractivity contribution in [3.63, 3.8) is 0 Å². The van der Waals surface area contributed by atoms with E-state index in [4.69, 9.17) is 10.2 Å². The van der Waals surface area contributed by atoms with Gasteiger partial charge >= 0.3 is 0 Å². The van der Waals surface area contributed by atoms with Crippen molar-refractivity contribution in [2.75, 3.05) is 0 Å². The average Bonchev–Trinajstić information content (AvgIpc) is 1.82. The van der Waals surface area contributed by atoms with E-state index >= 15 is 0 Å². The molecule has 0 aliphatic carbocycles. The Morgan fingerprint density at radius 2 is 2.00 bits per heavy atom. The molecule has 54 valence electrons. The average molecular weight is 130 g/mol. The van der Waals surface area contributed by atoms with Crippen LogP contribution in [0.3, 0.4) is 0 Å². The van der Waals surface area contributed by atoms with Gasteiger partial charge in [0.05, 0.1) is 12.2 Å². The van der Waals surface area contributed by atoms with Crippen molar-refractivity contribution in [3.8, 4) is 0 Å². The second kappa shape index (κ2) is 4.53. The molecule has 0 radical (unpaired) electrons. The smallest absolute Gasteiger partial charge is 0.0830 e. The minimum absolute atomic E-state index is 0.536. The third-order valence-electron chi connectivity index (χ3n) is 1.17. The summed E-state index contributed by atoms with van der Waals surface area (Å²) in [7, 11) is 0. The van der Waals surface area contributed by atoms with Crippen molar-refractivity contribution < 1.29 is 10.2 Å². The molecule has 0 fully saturated rings. The first-order valence-electron chi connectivity index (χ1n) is 3.15. The normalized spacial score (nSPS) is 18.2. The largest absolute Gasteiger partial charge is 0.391 e. The summed E-state index contributed by atoms with van der Waals surface area (Å²) in [4.78, 5) is 0. The first-order valence-corrected chi connectivity index (χ1v) is 3.15. The quantitative estimate of drug-likeness (QED) is 0.552. The van der Waals surface area contributed by atoms with Gasteiger partial charge in [0.25, 0.3) is 0 Å². The number of hydrogen-bond acceptors (Lipinski definition) is 2. The third-order valence-corrected chi connectivity index (χ3v) is 1.17. The Bertz CT molecular complexity index is 86.9. The molecule has 0 rings (SSSR count). The molecule has 2 N–H and O–H groups in total. The van der Waals surface area contributed by atoms with Gasteiger partial charge in [0, 0.05) is 0 Å². The van der Waals surface area contributed by atoms with Crippen molar-refractivity contribution in [1.82, 2.24) is 0 Å². The molecule has 0 bridgehead atoms. The molecule has 0 amide bonds. The monoisotopic (exact) mass is 130 g/mol. The van der Waals surface area contributed by atoms with E-state index in [1.807, 2.05) is 19.1 Å². The molecule has 2 heteroatoms. The molecule has 0 aliphatic heterocycles. The molecule has 0 aliphatic rings. The Kier molecular flexibility index (Phi) is 4.36. The lowest BCUT2D eigenvalue weighted by molar-refractivity contribution is 0.0336. The predicted molar refractivity (Wildman–Crippen MR) is 37.1 cm³/mol. The van der Waals surface area contributed by atoms with E-state index in [0.29, 0.717) is 6.42 Å². The van der Waals surface area contributed by atoms with Gasteiger partial charge in [-0.15, -0.1) is 0 Å². The second-order valence-corrected chi connectivity index (χ2v) is 2.11. The highest BCUT2D eigenvalue weighted by Gasteiger charge is 2.06. The van der Waals surface area contributed by atoms with E-state index < -0.39 is 12.2 Å². The third kappa shape index (κ3) is 4.18. The Balaban J connectivity index is 3.38. The minimum atomic E-state index is -0.624. The van der Waals surface area contributed by atoms with Crippen molar-refractivity contribution in [1.29, 1.82) is 0 Å². The zero-order valence-electron chi connectivity index (χ0n) is 5.91. The molecule has 0 spiro atoms. The molecule has 0 aromatic heterocycles. The highest BCUT2D eigenvalue weighted by molar-refractivity contribution is 4.81. The SMILES string of the molecule is C/C=C/CC(O)C(C)O. The van der Waals surface area contributed by atoms with Gasteiger partial charge in [-0.1, -0.05) is 12.2 Å². The molecule has 0 saturated heterocycles. The lowest BCUT2D eigenvalue weighted by Crippen LogP contribution is -2.21. The van der Waals surface area contributed by atoms with Crippen LogP contribution >= 0.6 is 0 Å². The van der Waals surface area contributed by atoms with Crippen molar-refractivity contribution >= 4 is 0 Å². The lowest BCUT2D eigenvalue weighted by Gasteiger charge is -2.09. The molecule has 0 heterocycles. The fourth-order valence-corrected chi connectivity index (χ4v) is 0.472. The van der Waals surface area contributed by atoms with Crippen molar-refractivity contribution in [2.45, 2.75) is 32.5 Å². The number of rotatable bonds is 3. The Hall–Kier alpha value is -0.340. The van der Waals surface area contributed by atoms with Gasteiger partial charge in [-0.2, -0.15) is 0 Å². The van der Waals surface area contributed by atoms with Crippen LogP contribution < -0.4 is 0 Å². The summed E-state index contributed by atoms with van der Waals surface area (Å²) in [5, 5.41) is 17.7. The number of hydrogen-bond donors (Lipinski definition) is 2. The first-order chi connectivity index (χ1) is 4.18. The fraction of sp³-hybridized carbons (Fsp3) is 0.714. The summed E-state index contributed by atoms with van der Waals surface area (Å²) in [6.45, 7) is 3.46. The van der Waals surface area contributed by atoms with Crippen LogP contribution in [-0.2, 0) is 0 Å². The summed E-state index contributed by atoms with van der Waals surface area (Å²) in [5.41, 5.74) is 0. The Morgan fingerprint density at radius 3 is 2.33 bits per heavy atom. The zero-order chi connectivity index (χ0) is 7.28. The molecule has 2 nitrogen and oxygen atoms in total. The van der Waals surface area contributed by atoms with Gasteiger partial charge in [0.2, 0.25) is 0 Å². The number of aliphatic hydroxyl groups excluding tert-OH is 2. The topological polar surface area (TPSA) is 40.5 Å². The molecule has 0 aromatic rings. The van der Waals surface area contributed by atoms with Gasteiger partial charge in [0.15, 0.2) is 0 Å². The van der Waals surface area contributed by atoms with E-state index in [0.717, 1.165) is 0 Å². The van der Waals surface area contributed by atoms with Gasteiger partial charge in [0.1, 0.15) is 0 Å². The Labute approximate surface area is 55.8 Å². The highest BCUT2D eigenvalue weighted by atomic mass is 16.3. The van der Waals surface area contributed by atoms with E-state index in [2.05, 4.69) is 0 Å². The molecule has 2 atom stereocenters. The van der Waals surface area contributed by atoms with Gasteiger partial charge in [-0.3, -0.25) is 0 Å². The van der Waals surface area contributed by atoms with Crippen LogP contribution in [-0.4, -0.2) is 22.4 Å². The van der Waals surface area contributed by atoms with Crippen LogP contribution in [0.25, 0.3) is 0 Å². The standard InChI is InChI=1S/C7H14O2/c1-3-4-5-7(9)6(2)8/h3-4,6-9H,5H2,1-2H3/b4-3+. The zero-order valence-corrected chi connectivity index (χ0v) is 5.91. The predicted octanol–water partition coefficient (Wildman–Crippen LogP) is 0.694. The van der Waals surface area contributed by atoms with Gasteiger partial charge in [-0.25, -0.2) is 0 Å². The molecular weight excluding hydrogens is 116 g/mol. The lowest BCUT2D eigenvalue weighted by atomic mass is 10.1. The molecular formula is C7H14O2. The van der Waals surface area contributed by atoms with E-state index in [9.17, 15) is 0 Å². The maximum atomic E-state index is 8.96. The van der Waals surface area contributed by atoms with Crippen LogP contribution in [0, 0.1) is 0 Å². The first kappa shape index (κ1) is 8.66. The van der Waals surface area contributed by atoms with E-state index in [1.165, 1.54) is 0 Å². The number of allylic oxidation sites excluding steroid dienone is 1. The summed E-state index contributed by atoms with van der Waals surface area (Å²) < 4.78 is 0. The molecule has 9 heavy (non-hydrogen) atoms. The Morgan fingerprint density at radius 1 is 1.44 bits per heavy atom. The second-order valence-electron chi connectivity index (χ2n) is 2.11. The highest BCUT2D eigenvalue weighted by Crippen LogP contribution is 1.98. The summed E-state index contributed by atoms with van der Waals surface area (Å²) in [6.07, 6.45) is 2.99. The van der Waals surface area contributed by atoms with Gasteiger partial charge in [-0.05, 0) is 20.3 Å². The van der Waals surface area contributed by atoms with Gasteiger partial charge < -0.3 is 10.2 Å². The fourth-order valence-electron chi connectivity index (χ4n) is 0.472. The van der Waals surface area contributed by atoms with Crippen molar-refractivity contribution in [3.05, 3.63) is 12.2 Å². The minimum Gasteiger partial charge on any atom is -0.391 e. The van der Waals surface area contributed by atoms with E-state index in [1.54, 1.807) is 6.92 Å². The summed E-state index contributed by atoms with van der Waals surface area (Å²) >= 11 is 0. The maximum absolute atomic E-state index is 8.96. The molecule has 0 saturated carbocycles. The summed E-state index contributed by atoms with van der Waals surface area (Å²) in [5.74, 6) is 0. The molecule has 2 unspecified atom stereocenters. The van der Waals surface area contributed by atoms with Crippen molar-refractivity contribution in [2.24, 2.45) is 0 Å². The number of aliphatic hydroxyl groups is 2.